The highest BCUT2D eigenvalue weighted by atomic mass is 19.4. The van der Waals surface area contributed by atoms with Crippen molar-refractivity contribution in [2.75, 3.05) is 0 Å². The highest BCUT2D eigenvalue weighted by Crippen LogP contribution is 2.31. The van der Waals surface area contributed by atoms with E-state index in [0.29, 0.717) is 17.5 Å². The maximum Gasteiger partial charge on any atom is 0.417 e. The normalized spacial score (nSPS) is 11.7. The lowest BCUT2D eigenvalue weighted by Gasteiger charge is -2.07. The van der Waals surface area contributed by atoms with Crippen molar-refractivity contribution in [2.45, 2.75) is 6.18 Å². The predicted molar refractivity (Wildman–Crippen MR) is 96.5 cm³/mol. The molecule has 0 amide bonds. The lowest BCUT2D eigenvalue weighted by Crippen LogP contribution is -2.06. The molecule has 0 spiro atoms. The quantitative estimate of drug-likeness (QED) is 0.449. The first-order chi connectivity index (χ1) is 13.0. The van der Waals surface area contributed by atoms with Crippen molar-refractivity contribution < 1.29 is 18.0 Å². The predicted octanol–water partition coefficient (Wildman–Crippen LogP) is 5.50. The minimum absolute atomic E-state index is 0.0866. The monoisotopic (exact) mass is 366 g/mol. The van der Waals surface area contributed by atoms with Crippen LogP contribution in [-0.2, 0) is 6.18 Å². The van der Waals surface area contributed by atoms with E-state index in [0.717, 1.165) is 23.4 Å². The molecule has 2 aromatic carbocycles. The first-order valence-electron chi connectivity index (χ1n) is 8.18. The number of imidazole rings is 1. The Labute approximate surface area is 152 Å². The lowest BCUT2D eigenvalue weighted by atomic mass is 10.0. The molecule has 0 N–H and O–H groups in total. The largest absolute Gasteiger partial charge is 0.417 e. The van der Waals surface area contributed by atoms with E-state index >= 15 is 0 Å². The molecule has 3 nitrogen and oxygen atoms in total. The molecule has 0 atom stereocenters. The minimum Gasteiger partial charge on any atom is -0.296 e. The lowest BCUT2D eigenvalue weighted by molar-refractivity contribution is -0.137. The second-order valence-corrected chi connectivity index (χ2v) is 6.05. The van der Waals surface area contributed by atoms with Gasteiger partial charge in [0, 0.05) is 11.8 Å². The highest BCUT2D eigenvalue weighted by Gasteiger charge is 2.31. The van der Waals surface area contributed by atoms with Gasteiger partial charge in [0.2, 0.25) is 0 Å². The molecule has 0 unspecified atom stereocenters. The number of benzene rings is 2. The van der Waals surface area contributed by atoms with E-state index in [1.54, 1.807) is 0 Å². The van der Waals surface area contributed by atoms with Crippen LogP contribution in [0.5, 0.6) is 0 Å². The third-order valence-corrected chi connectivity index (χ3v) is 4.36. The summed E-state index contributed by atoms with van der Waals surface area (Å²) in [5.41, 5.74) is 2.59. The van der Waals surface area contributed by atoms with Gasteiger partial charge in [0.15, 0.2) is 6.29 Å². The van der Waals surface area contributed by atoms with Crippen molar-refractivity contribution in [3.63, 3.8) is 0 Å². The van der Waals surface area contributed by atoms with Crippen LogP contribution in [0.1, 0.15) is 16.1 Å². The number of hydrogen-bond acceptors (Lipinski definition) is 2. The Morgan fingerprint density at radius 1 is 0.815 bits per heavy atom. The summed E-state index contributed by atoms with van der Waals surface area (Å²) < 4.78 is 40.1. The molecular formula is C21H13F3N2O. The van der Waals surface area contributed by atoms with E-state index < -0.39 is 11.7 Å². The van der Waals surface area contributed by atoms with E-state index in [9.17, 15) is 18.0 Å². The zero-order valence-electron chi connectivity index (χ0n) is 13.9. The van der Waals surface area contributed by atoms with E-state index in [2.05, 4.69) is 4.98 Å². The van der Waals surface area contributed by atoms with Gasteiger partial charge in [0.25, 0.3) is 0 Å². The second-order valence-electron chi connectivity index (χ2n) is 6.05. The number of aldehydes is 1. The van der Waals surface area contributed by atoms with E-state index in [1.807, 2.05) is 54.6 Å². The summed E-state index contributed by atoms with van der Waals surface area (Å²) in [4.78, 5) is 15.9. The van der Waals surface area contributed by atoms with Crippen molar-refractivity contribution in [2.24, 2.45) is 0 Å². The van der Waals surface area contributed by atoms with Crippen LogP contribution >= 0.6 is 0 Å². The number of nitrogens with zero attached hydrogens (tertiary/aromatic N) is 2. The van der Waals surface area contributed by atoms with Crippen LogP contribution in [0, 0.1) is 0 Å². The average Bonchev–Trinajstić information content (AvgIpc) is 3.06. The van der Waals surface area contributed by atoms with Gasteiger partial charge in [-0.1, -0.05) is 54.6 Å². The summed E-state index contributed by atoms with van der Waals surface area (Å²) in [6, 6.07) is 19.4. The summed E-state index contributed by atoms with van der Waals surface area (Å²) in [5, 5.41) is 0. The minimum atomic E-state index is -4.49. The fourth-order valence-electron chi connectivity index (χ4n) is 3.01. The molecule has 0 aliphatic rings. The molecule has 134 valence electrons. The number of alkyl halides is 3. The zero-order valence-corrected chi connectivity index (χ0v) is 13.9. The van der Waals surface area contributed by atoms with Crippen molar-refractivity contribution in [1.82, 2.24) is 9.38 Å². The maximum absolute atomic E-state index is 13.0. The molecule has 0 bridgehead atoms. The molecule has 4 aromatic rings. The molecule has 2 heterocycles. The standard InChI is InChI=1S/C21H13F3N2O/c22-21(23,24)17-10-11-19-25-20(18(13-27)26(19)12-17)16-8-6-15(7-9-16)14-4-2-1-3-5-14/h1-13H. The Morgan fingerprint density at radius 3 is 2.07 bits per heavy atom. The molecule has 0 saturated heterocycles. The first kappa shape index (κ1) is 17.0. The van der Waals surface area contributed by atoms with Gasteiger partial charge in [0.05, 0.1) is 5.56 Å². The molecule has 2 aromatic heterocycles. The van der Waals surface area contributed by atoms with Crippen molar-refractivity contribution in [3.8, 4) is 22.4 Å². The van der Waals surface area contributed by atoms with Crippen molar-refractivity contribution in [1.29, 1.82) is 0 Å². The number of rotatable bonds is 3. The van der Waals surface area contributed by atoms with Gasteiger partial charge in [-0.15, -0.1) is 0 Å². The number of carbonyl (C=O) groups is 1. The van der Waals surface area contributed by atoms with E-state index in [1.165, 1.54) is 10.5 Å². The van der Waals surface area contributed by atoms with Gasteiger partial charge < -0.3 is 0 Å². The summed E-state index contributed by atoms with van der Waals surface area (Å²) >= 11 is 0. The summed E-state index contributed by atoms with van der Waals surface area (Å²) in [7, 11) is 0. The smallest absolute Gasteiger partial charge is 0.296 e. The zero-order chi connectivity index (χ0) is 19.0. The van der Waals surface area contributed by atoms with Crippen LogP contribution in [-0.4, -0.2) is 15.7 Å². The number of pyridine rings is 1. The fraction of sp³-hybridized carbons (Fsp3) is 0.0476. The molecule has 0 aliphatic carbocycles. The third-order valence-electron chi connectivity index (χ3n) is 4.36. The number of fused-ring (bicyclic) bond motifs is 1. The number of hydrogen-bond donors (Lipinski definition) is 0. The first-order valence-corrected chi connectivity index (χ1v) is 8.18. The van der Waals surface area contributed by atoms with E-state index in [4.69, 9.17) is 0 Å². The van der Waals surface area contributed by atoms with Crippen LogP contribution in [0.25, 0.3) is 28.0 Å². The summed E-state index contributed by atoms with van der Waals surface area (Å²) in [5.74, 6) is 0. The van der Waals surface area contributed by atoms with Gasteiger partial charge >= 0.3 is 6.18 Å². The highest BCUT2D eigenvalue weighted by molar-refractivity contribution is 5.86. The van der Waals surface area contributed by atoms with Gasteiger partial charge in [-0.2, -0.15) is 13.2 Å². The van der Waals surface area contributed by atoms with Crippen LogP contribution in [0.15, 0.2) is 72.9 Å². The third kappa shape index (κ3) is 3.10. The molecule has 6 heteroatoms. The van der Waals surface area contributed by atoms with Gasteiger partial charge in [0.1, 0.15) is 17.0 Å². The van der Waals surface area contributed by atoms with Crippen LogP contribution in [0.4, 0.5) is 13.2 Å². The van der Waals surface area contributed by atoms with E-state index in [-0.39, 0.29) is 11.3 Å². The number of carbonyl (C=O) groups excluding carboxylic acids is 1. The Bertz CT molecular complexity index is 1110. The molecule has 0 fully saturated rings. The van der Waals surface area contributed by atoms with Gasteiger partial charge in [-0.05, 0) is 23.3 Å². The van der Waals surface area contributed by atoms with Crippen molar-refractivity contribution >= 4 is 11.9 Å². The molecule has 27 heavy (non-hydrogen) atoms. The molecule has 0 saturated carbocycles. The topological polar surface area (TPSA) is 34.4 Å². The van der Waals surface area contributed by atoms with Crippen LogP contribution in [0.3, 0.4) is 0 Å². The van der Waals surface area contributed by atoms with Gasteiger partial charge in [-0.25, -0.2) is 4.98 Å². The number of halogens is 3. The Balaban J connectivity index is 1.80. The SMILES string of the molecule is O=Cc1c(-c2ccc(-c3ccccc3)cc2)nc2ccc(C(F)(F)F)cn12. The maximum atomic E-state index is 13.0. The Hall–Kier alpha value is -3.41. The molecular weight excluding hydrogens is 353 g/mol. The van der Waals surface area contributed by atoms with Crippen LogP contribution < -0.4 is 0 Å². The second kappa shape index (κ2) is 6.39. The molecule has 0 aliphatic heterocycles. The summed E-state index contributed by atoms with van der Waals surface area (Å²) in [6.45, 7) is 0. The fourth-order valence-corrected chi connectivity index (χ4v) is 3.01. The van der Waals surface area contributed by atoms with Gasteiger partial charge in [-0.3, -0.25) is 9.20 Å². The molecule has 0 radical (unpaired) electrons. The van der Waals surface area contributed by atoms with Crippen molar-refractivity contribution in [3.05, 3.63) is 84.2 Å². The summed E-state index contributed by atoms with van der Waals surface area (Å²) in [6.07, 6.45) is -3.06. The number of aromatic nitrogens is 2. The Kier molecular flexibility index (Phi) is 4.03. The Morgan fingerprint density at radius 2 is 1.44 bits per heavy atom. The van der Waals surface area contributed by atoms with Crippen LogP contribution in [0.2, 0.25) is 0 Å². The molecule has 4 rings (SSSR count). The average molecular weight is 366 g/mol.